The van der Waals surface area contributed by atoms with E-state index in [9.17, 15) is 0 Å². The van der Waals surface area contributed by atoms with Crippen LogP contribution in [0.4, 0.5) is 0 Å². The zero-order chi connectivity index (χ0) is 11.9. The summed E-state index contributed by atoms with van der Waals surface area (Å²) in [6, 6.07) is 0. The van der Waals surface area contributed by atoms with Crippen molar-refractivity contribution in [1.29, 1.82) is 0 Å². The minimum atomic E-state index is 1.28. The molecule has 0 saturated carbocycles. The highest BCUT2D eigenvalue weighted by atomic mass is 13.9. The third kappa shape index (κ3) is 35.0. The number of allylic oxidation sites excluding steroid dienone is 3. The molecule has 0 aliphatic heterocycles. The zero-order valence-electron chi connectivity index (χ0n) is 10.7. The van der Waals surface area contributed by atoms with Crippen LogP contribution in [-0.4, -0.2) is 0 Å². The van der Waals surface area contributed by atoms with E-state index >= 15 is 0 Å². The van der Waals surface area contributed by atoms with Crippen molar-refractivity contribution in [3.05, 3.63) is 37.0 Å². The maximum Gasteiger partial charge on any atom is -0.0399 e. The Morgan fingerprint density at radius 3 is 1.08 bits per heavy atom. The fourth-order valence-corrected chi connectivity index (χ4v) is 0.204. The molecule has 0 aliphatic carbocycles. The normalized spacial score (nSPS) is 5.46. The molecule has 0 heteroatoms. The number of hydrogen-bond donors (Lipinski definition) is 0. The summed E-state index contributed by atoms with van der Waals surface area (Å²) in [5.41, 5.74) is 2.62. The summed E-state index contributed by atoms with van der Waals surface area (Å²) in [5.74, 6) is 0. The van der Waals surface area contributed by atoms with Gasteiger partial charge in [-0.05, 0) is 20.8 Å². The van der Waals surface area contributed by atoms with E-state index < -0.39 is 0 Å². The van der Waals surface area contributed by atoms with E-state index in [4.69, 9.17) is 0 Å². The summed E-state index contributed by atoms with van der Waals surface area (Å²) in [7, 11) is 0. The topological polar surface area (TPSA) is 0 Å². The molecule has 13 heavy (non-hydrogen) atoms. The lowest BCUT2D eigenvalue weighted by Crippen LogP contribution is -1.69. The molecule has 0 bridgehead atoms. The molecule has 0 heterocycles. The molecule has 0 atom stereocenters. The summed E-state index contributed by atoms with van der Waals surface area (Å²) >= 11 is 0. The van der Waals surface area contributed by atoms with Crippen LogP contribution in [-0.2, 0) is 0 Å². The third-order valence-electron chi connectivity index (χ3n) is 1.09. The molecule has 0 aromatic rings. The van der Waals surface area contributed by atoms with Crippen molar-refractivity contribution in [3.8, 4) is 0 Å². The van der Waals surface area contributed by atoms with Crippen molar-refractivity contribution in [3.63, 3.8) is 0 Å². The molecule has 0 rings (SSSR count). The standard InChI is InChI=1S/C7H12.2C2H6.C2H4/c1-5-7(4)6(2)3;3*1-2/h5H,1H2,2-4H3;2*1-2H3;1-2H2. The highest BCUT2D eigenvalue weighted by Crippen LogP contribution is 2.00. The van der Waals surface area contributed by atoms with Gasteiger partial charge in [-0.1, -0.05) is 51.5 Å². The van der Waals surface area contributed by atoms with E-state index in [-0.39, 0.29) is 0 Å². The van der Waals surface area contributed by atoms with Crippen LogP contribution < -0.4 is 0 Å². The second-order valence-corrected chi connectivity index (χ2v) is 1.89. The van der Waals surface area contributed by atoms with Gasteiger partial charge in [0.1, 0.15) is 0 Å². The summed E-state index contributed by atoms with van der Waals surface area (Å²) in [6.07, 6.45) is 1.87. The SMILES string of the molecule is C=C.C=CC(C)=C(C)C.CC.CC. The molecule has 0 fully saturated rings. The zero-order valence-corrected chi connectivity index (χ0v) is 10.7. The fraction of sp³-hybridized carbons (Fsp3) is 0.538. The number of hydrogen-bond acceptors (Lipinski definition) is 0. The molecule has 0 saturated heterocycles. The lowest BCUT2D eigenvalue weighted by atomic mass is 10.2. The summed E-state index contributed by atoms with van der Waals surface area (Å²) in [5, 5.41) is 0. The summed E-state index contributed by atoms with van der Waals surface area (Å²) < 4.78 is 0. The van der Waals surface area contributed by atoms with Crippen LogP contribution >= 0.6 is 0 Å². The first-order valence-electron chi connectivity index (χ1n) is 4.95. The Labute approximate surface area is 86.1 Å². The van der Waals surface area contributed by atoms with Gasteiger partial charge < -0.3 is 0 Å². The lowest BCUT2D eigenvalue weighted by Gasteiger charge is -1.90. The average molecular weight is 184 g/mol. The summed E-state index contributed by atoms with van der Waals surface area (Å²) in [4.78, 5) is 0. The van der Waals surface area contributed by atoms with Crippen LogP contribution in [0.25, 0.3) is 0 Å². The Kier molecular flexibility index (Phi) is 53.0. The fourth-order valence-electron chi connectivity index (χ4n) is 0.204. The van der Waals surface area contributed by atoms with E-state index in [1.54, 1.807) is 0 Å². The van der Waals surface area contributed by atoms with Crippen LogP contribution in [0.1, 0.15) is 48.5 Å². The monoisotopic (exact) mass is 184 g/mol. The molecular formula is C13H28. The first kappa shape index (κ1) is 22.8. The second-order valence-electron chi connectivity index (χ2n) is 1.89. The molecule has 0 aromatic carbocycles. The Bertz CT molecular complexity index is 103. The maximum atomic E-state index is 3.62. The molecule has 0 spiro atoms. The quantitative estimate of drug-likeness (QED) is 0.379. The molecule has 0 aromatic heterocycles. The Morgan fingerprint density at radius 1 is 0.846 bits per heavy atom. The highest BCUT2D eigenvalue weighted by Gasteiger charge is 1.79. The minimum Gasteiger partial charge on any atom is -0.106 e. The van der Waals surface area contributed by atoms with Gasteiger partial charge in [0.25, 0.3) is 0 Å². The molecule has 0 nitrogen and oxygen atoms in total. The Balaban J connectivity index is -0.0000000573. The molecular weight excluding hydrogens is 156 g/mol. The van der Waals surface area contributed by atoms with Crippen molar-refractivity contribution in [2.24, 2.45) is 0 Å². The largest absolute Gasteiger partial charge is 0.106 e. The van der Waals surface area contributed by atoms with Gasteiger partial charge in [0.2, 0.25) is 0 Å². The highest BCUT2D eigenvalue weighted by molar-refractivity contribution is 5.18. The predicted molar refractivity (Wildman–Crippen MR) is 68.2 cm³/mol. The van der Waals surface area contributed by atoms with Gasteiger partial charge >= 0.3 is 0 Å². The van der Waals surface area contributed by atoms with Gasteiger partial charge in [0.15, 0.2) is 0 Å². The van der Waals surface area contributed by atoms with E-state index in [1.165, 1.54) is 11.1 Å². The second kappa shape index (κ2) is 30.3. The van der Waals surface area contributed by atoms with Crippen molar-refractivity contribution in [2.45, 2.75) is 48.5 Å². The van der Waals surface area contributed by atoms with Crippen molar-refractivity contribution >= 4 is 0 Å². The smallest absolute Gasteiger partial charge is 0.0399 e. The minimum absolute atomic E-state index is 1.28. The molecule has 0 radical (unpaired) electrons. The van der Waals surface area contributed by atoms with Crippen molar-refractivity contribution in [2.75, 3.05) is 0 Å². The maximum absolute atomic E-state index is 3.62. The van der Waals surface area contributed by atoms with Gasteiger partial charge in [-0.25, -0.2) is 0 Å². The average Bonchev–Trinajstić information content (AvgIpc) is 2.25. The molecule has 0 unspecified atom stereocenters. The molecule has 0 amide bonds. The van der Waals surface area contributed by atoms with Crippen LogP contribution in [0.2, 0.25) is 0 Å². The Morgan fingerprint density at radius 2 is 1.08 bits per heavy atom. The van der Waals surface area contributed by atoms with E-state index in [2.05, 4.69) is 40.5 Å². The molecule has 80 valence electrons. The number of rotatable bonds is 1. The predicted octanol–water partition coefficient (Wildman–Crippen LogP) is 5.38. The van der Waals surface area contributed by atoms with Gasteiger partial charge in [-0.3, -0.25) is 0 Å². The first-order valence-corrected chi connectivity index (χ1v) is 4.95. The molecule has 0 aliphatic rings. The van der Waals surface area contributed by atoms with Crippen molar-refractivity contribution < 1.29 is 0 Å². The third-order valence-corrected chi connectivity index (χ3v) is 1.09. The van der Waals surface area contributed by atoms with Crippen LogP contribution in [0.3, 0.4) is 0 Å². The van der Waals surface area contributed by atoms with E-state index in [0.29, 0.717) is 0 Å². The van der Waals surface area contributed by atoms with Gasteiger partial charge in [0.05, 0.1) is 0 Å². The van der Waals surface area contributed by atoms with Crippen LogP contribution in [0, 0.1) is 0 Å². The first-order chi connectivity index (χ1) is 6.18. The van der Waals surface area contributed by atoms with Crippen LogP contribution in [0.5, 0.6) is 0 Å². The van der Waals surface area contributed by atoms with E-state index in [1.807, 2.05) is 33.8 Å². The lowest BCUT2D eigenvalue weighted by molar-refractivity contribution is 1.30. The van der Waals surface area contributed by atoms with Gasteiger partial charge in [-0.15, -0.1) is 13.2 Å². The van der Waals surface area contributed by atoms with Gasteiger partial charge in [0, 0.05) is 0 Å². The van der Waals surface area contributed by atoms with Crippen LogP contribution in [0.15, 0.2) is 37.0 Å². The van der Waals surface area contributed by atoms with Crippen molar-refractivity contribution in [1.82, 2.24) is 0 Å². The van der Waals surface area contributed by atoms with Gasteiger partial charge in [-0.2, -0.15) is 0 Å². The summed E-state index contributed by atoms with van der Waals surface area (Å²) in [6.45, 7) is 23.8. The van der Waals surface area contributed by atoms with E-state index in [0.717, 1.165) is 0 Å². The molecule has 0 N–H and O–H groups in total. The Hall–Kier alpha value is -0.780.